The van der Waals surface area contributed by atoms with Gasteiger partial charge in [0.05, 0.1) is 0 Å². The van der Waals surface area contributed by atoms with E-state index in [1.807, 2.05) is 48.5 Å². The highest BCUT2D eigenvalue weighted by Gasteiger charge is 2.16. The summed E-state index contributed by atoms with van der Waals surface area (Å²) in [5.41, 5.74) is 2.32. The third-order valence-corrected chi connectivity index (χ3v) is 4.67. The number of rotatable bonds is 8. The minimum Gasteiger partial charge on any atom is -0.203 e. The molecule has 0 bridgehead atoms. The molecule has 0 fully saturated rings. The molecule has 22 heavy (non-hydrogen) atoms. The Morgan fingerprint density at radius 3 is 2.09 bits per heavy atom. The molecule has 0 saturated heterocycles. The first-order chi connectivity index (χ1) is 10.6. The van der Waals surface area contributed by atoms with Gasteiger partial charge in [-0.15, -0.1) is 0 Å². The fourth-order valence-electron chi connectivity index (χ4n) is 2.38. The van der Waals surface area contributed by atoms with Gasteiger partial charge in [0.1, 0.15) is 0 Å². The van der Waals surface area contributed by atoms with Crippen LogP contribution in [-0.2, 0) is 16.6 Å². The Hall–Kier alpha value is -1.69. The third kappa shape index (κ3) is 5.26. The smallest absolute Gasteiger partial charge is 0.203 e. The first-order valence-corrected chi connectivity index (χ1v) is 8.92. The van der Waals surface area contributed by atoms with Crippen molar-refractivity contribution < 1.29 is 8.42 Å². The Kier molecular flexibility index (Phi) is 6.12. The van der Waals surface area contributed by atoms with E-state index in [4.69, 9.17) is 0 Å². The summed E-state index contributed by atoms with van der Waals surface area (Å²) in [4.78, 5) is 0. The second kappa shape index (κ2) is 8.08. The number of hydrogen-bond donors (Lipinski definition) is 2. The van der Waals surface area contributed by atoms with Crippen LogP contribution in [0.4, 0.5) is 0 Å². The summed E-state index contributed by atoms with van der Waals surface area (Å²) in [7, 11) is -3.43. The van der Waals surface area contributed by atoms with Crippen molar-refractivity contribution in [3.63, 3.8) is 0 Å². The van der Waals surface area contributed by atoms with Crippen LogP contribution < -0.4 is 9.44 Å². The van der Waals surface area contributed by atoms with Crippen LogP contribution in [0.15, 0.2) is 60.7 Å². The Labute approximate surface area is 132 Å². The van der Waals surface area contributed by atoms with Crippen LogP contribution >= 0.6 is 0 Å². The van der Waals surface area contributed by atoms with Crippen LogP contribution in [0.25, 0.3) is 0 Å². The maximum atomic E-state index is 11.8. The van der Waals surface area contributed by atoms with Crippen molar-refractivity contribution in [1.29, 1.82) is 0 Å². The van der Waals surface area contributed by atoms with Gasteiger partial charge in [0, 0.05) is 19.0 Å². The van der Waals surface area contributed by atoms with E-state index in [0.717, 1.165) is 12.0 Å². The molecule has 0 aliphatic rings. The Morgan fingerprint density at radius 2 is 1.50 bits per heavy atom. The lowest BCUT2D eigenvalue weighted by atomic mass is 9.92. The molecule has 4 nitrogen and oxygen atoms in total. The van der Waals surface area contributed by atoms with Gasteiger partial charge < -0.3 is 0 Å². The molecule has 5 heteroatoms. The van der Waals surface area contributed by atoms with E-state index < -0.39 is 10.2 Å². The zero-order chi connectivity index (χ0) is 15.8. The standard InChI is InChI=1S/C17H22N2O2S/c1-2-18-22(20,21)19-14-17(16-11-7-4-8-12-16)13-15-9-5-3-6-10-15/h3-12,17-19H,2,13-14H2,1H3. The van der Waals surface area contributed by atoms with Gasteiger partial charge in [-0.1, -0.05) is 67.6 Å². The fraction of sp³-hybridized carbons (Fsp3) is 0.294. The Bertz CT molecular complexity index is 658. The molecule has 1 unspecified atom stereocenters. The molecule has 0 aliphatic heterocycles. The lowest BCUT2D eigenvalue weighted by Gasteiger charge is -2.18. The molecule has 0 amide bonds. The van der Waals surface area contributed by atoms with Gasteiger partial charge >= 0.3 is 0 Å². The van der Waals surface area contributed by atoms with Gasteiger partial charge in [0.25, 0.3) is 10.2 Å². The van der Waals surface area contributed by atoms with Crippen molar-refractivity contribution in [2.24, 2.45) is 0 Å². The van der Waals surface area contributed by atoms with Gasteiger partial charge in [-0.05, 0) is 17.5 Å². The van der Waals surface area contributed by atoms with Gasteiger partial charge in [-0.25, -0.2) is 9.44 Å². The average Bonchev–Trinajstić information content (AvgIpc) is 2.53. The van der Waals surface area contributed by atoms with Crippen molar-refractivity contribution >= 4 is 10.2 Å². The van der Waals surface area contributed by atoms with Crippen LogP contribution in [-0.4, -0.2) is 21.5 Å². The molecule has 0 spiro atoms. The zero-order valence-corrected chi connectivity index (χ0v) is 13.5. The van der Waals surface area contributed by atoms with Crippen molar-refractivity contribution in [1.82, 2.24) is 9.44 Å². The van der Waals surface area contributed by atoms with Crippen LogP contribution in [0.3, 0.4) is 0 Å². The monoisotopic (exact) mass is 318 g/mol. The summed E-state index contributed by atoms with van der Waals surface area (Å²) in [5.74, 6) is 0.0945. The lowest BCUT2D eigenvalue weighted by molar-refractivity contribution is 0.557. The molecule has 0 aliphatic carbocycles. The summed E-state index contributed by atoms with van der Waals surface area (Å²) in [6, 6.07) is 20.1. The first-order valence-electron chi connectivity index (χ1n) is 7.44. The molecule has 2 aromatic carbocycles. The van der Waals surface area contributed by atoms with Gasteiger partial charge in [-0.2, -0.15) is 8.42 Å². The van der Waals surface area contributed by atoms with Crippen molar-refractivity contribution in [2.45, 2.75) is 19.3 Å². The highest BCUT2D eigenvalue weighted by Crippen LogP contribution is 2.20. The maximum absolute atomic E-state index is 11.8. The van der Waals surface area contributed by atoms with Crippen molar-refractivity contribution in [3.8, 4) is 0 Å². The molecule has 1 atom stereocenters. The third-order valence-electron chi connectivity index (χ3n) is 3.45. The van der Waals surface area contributed by atoms with Gasteiger partial charge in [0.2, 0.25) is 0 Å². The highest BCUT2D eigenvalue weighted by atomic mass is 32.2. The fourth-order valence-corrected chi connectivity index (χ4v) is 3.29. The molecular formula is C17H22N2O2S. The largest absolute Gasteiger partial charge is 0.276 e. The highest BCUT2D eigenvalue weighted by molar-refractivity contribution is 7.87. The molecular weight excluding hydrogens is 296 g/mol. The molecule has 0 saturated carbocycles. The number of nitrogens with one attached hydrogen (secondary N) is 2. The first kappa shape index (κ1) is 16.7. The predicted molar refractivity (Wildman–Crippen MR) is 89.9 cm³/mol. The maximum Gasteiger partial charge on any atom is 0.276 e. The number of hydrogen-bond acceptors (Lipinski definition) is 2. The average molecular weight is 318 g/mol. The van der Waals surface area contributed by atoms with E-state index in [1.54, 1.807) is 6.92 Å². The van der Waals surface area contributed by atoms with Crippen LogP contribution in [0.5, 0.6) is 0 Å². The summed E-state index contributed by atoms with van der Waals surface area (Å²) in [6.45, 7) is 2.51. The topological polar surface area (TPSA) is 58.2 Å². The minimum absolute atomic E-state index is 0.0945. The second-order valence-corrected chi connectivity index (χ2v) is 6.73. The van der Waals surface area contributed by atoms with E-state index in [9.17, 15) is 8.42 Å². The Balaban J connectivity index is 2.12. The predicted octanol–water partition coefficient (Wildman–Crippen LogP) is 2.46. The molecule has 2 rings (SSSR count). The van der Waals surface area contributed by atoms with E-state index in [-0.39, 0.29) is 5.92 Å². The van der Waals surface area contributed by atoms with Crippen LogP contribution in [0.2, 0.25) is 0 Å². The van der Waals surface area contributed by atoms with Crippen molar-refractivity contribution in [2.75, 3.05) is 13.1 Å². The molecule has 0 radical (unpaired) electrons. The van der Waals surface area contributed by atoms with Crippen LogP contribution in [0, 0.1) is 0 Å². The van der Waals surface area contributed by atoms with Crippen LogP contribution in [0.1, 0.15) is 24.0 Å². The number of benzene rings is 2. The summed E-state index contributed by atoms with van der Waals surface area (Å²) in [5, 5.41) is 0. The van der Waals surface area contributed by atoms with E-state index in [2.05, 4.69) is 21.6 Å². The Morgan fingerprint density at radius 1 is 0.909 bits per heavy atom. The van der Waals surface area contributed by atoms with Gasteiger partial charge in [-0.3, -0.25) is 0 Å². The second-order valence-electron chi connectivity index (χ2n) is 5.15. The molecule has 2 aromatic rings. The summed E-state index contributed by atoms with van der Waals surface area (Å²) in [6.07, 6.45) is 0.791. The normalized spacial score (nSPS) is 13.0. The van der Waals surface area contributed by atoms with E-state index >= 15 is 0 Å². The molecule has 118 valence electrons. The quantitative estimate of drug-likeness (QED) is 0.785. The molecule has 0 heterocycles. The SMILES string of the molecule is CCNS(=O)(=O)NCC(Cc1ccccc1)c1ccccc1. The summed E-state index contributed by atoms with van der Waals surface area (Å²) >= 11 is 0. The molecule has 0 aromatic heterocycles. The summed E-state index contributed by atoms with van der Waals surface area (Å²) < 4.78 is 28.7. The van der Waals surface area contributed by atoms with E-state index in [0.29, 0.717) is 13.1 Å². The zero-order valence-electron chi connectivity index (χ0n) is 12.7. The van der Waals surface area contributed by atoms with Gasteiger partial charge in [0.15, 0.2) is 0 Å². The molecule has 2 N–H and O–H groups in total. The van der Waals surface area contributed by atoms with E-state index in [1.165, 1.54) is 5.56 Å². The minimum atomic E-state index is -3.43. The lowest BCUT2D eigenvalue weighted by Crippen LogP contribution is -2.38. The van der Waals surface area contributed by atoms with Crippen molar-refractivity contribution in [3.05, 3.63) is 71.8 Å².